The standard InChI is InChI=1S/C11H18N2O2/c1-5-6-8-9(7(2)3)10(11(14)15)12-13(8)4/h7H,5-6H2,1-4H3,(H,14,15). The lowest BCUT2D eigenvalue weighted by molar-refractivity contribution is 0.0688. The SMILES string of the molecule is CCCc1c(C(C)C)c(C(=O)O)nn1C. The minimum atomic E-state index is -0.934. The number of hydrogen-bond acceptors (Lipinski definition) is 2. The molecule has 84 valence electrons. The van der Waals surface area contributed by atoms with Gasteiger partial charge in [-0.2, -0.15) is 5.10 Å². The second-order valence-corrected chi connectivity index (χ2v) is 4.04. The lowest BCUT2D eigenvalue weighted by Gasteiger charge is -2.08. The third-order valence-corrected chi connectivity index (χ3v) is 2.47. The zero-order chi connectivity index (χ0) is 11.6. The van der Waals surface area contributed by atoms with E-state index in [1.54, 1.807) is 4.68 Å². The first-order chi connectivity index (χ1) is 6.99. The van der Waals surface area contributed by atoms with Crippen LogP contribution in [-0.2, 0) is 13.5 Å². The summed E-state index contributed by atoms with van der Waals surface area (Å²) in [6.45, 7) is 6.09. The number of rotatable bonds is 4. The normalized spacial score (nSPS) is 11.0. The van der Waals surface area contributed by atoms with Crippen molar-refractivity contribution >= 4 is 5.97 Å². The first-order valence-corrected chi connectivity index (χ1v) is 5.28. The van der Waals surface area contributed by atoms with Gasteiger partial charge in [-0.25, -0.2) is 4.79 Å². The van der Waals surface area contributed by atoms with Crippen LogP contribution in [0.1, 0.15) is 54.9 Å². The molecule has 0 aromatic carbocycles. The number of aryl methyl sites for hydroxylation is 1. The van der Waals surface area contributed by atoms with Crippen molar-refractivity contribution in [3.05, 3.63) is 17.0 Å². The summed E-state index contributed by atoms with van der Waals surface area (Å²) in [5.41, 5.74) is 2.13. The zero-order valence-electron chi connectivity index (χ0n) is 9.74. The van der Waals surface area contributed by atoms with Crippen molar-refractivity contribution in [2.75, 3.05) is 0 Å². The molecule has 0 saturated heterocycles. The lowest BCUT2D eigenvalue weighted by Crippen LogP contribution is -2.04. The molecule has 0 unspecified atom stereocenters. The van der Waals surface area contributed by atoms with Crippen molar-refractivity contribution in [3.8, 4) is 0 Å². The smallest absolute Gasteiger partial charge is 0.356 e. The van der Waals surface area contributed by atoms with Crippen molar-refractivity contribution in [2.24, 2.45) is 7.05 Å². The highest BCUT2D eigenvalue weighted by molar-refractivity contribution is 5.87. The zero-order valence-corrected chi connectivity index (χ0v) is 9.74. The third-order valence-electron chi connectivity index (χ3n) is 2.47. The number of aromatic carboxylic acids is 1. The fourth-order valence-electron chi connectivity index (χ4n) is 1.87. The Bertz CT molecular complexity index is 367. The van der Waals surface area contributed by atoms with Crippen LogP contribution in [-0.4, -0.2) is 20.9 Å². The monoisotopic (exact) mass is 210 g/mol. The second kappa shape index (κ2) is 4.47. The van der Waals surface area contributed by atoms with Crippen LogP contribution in [0.5, 0.6) is 0 Å². The van der Waals surface area contributed by atoms with E-state index in [1.165, 1.54) is 0 Å². The van der Waals surface area contributed by atoms with E-state index in [-0.39, 0.29) is 11.6 Å². The molecule has 1 heterocycles. The molecule has 0 saturated carbocycles. The average Bonchev–Trinajstić information content (AvgIpc) is 2.45. The molecule has 1 aromatic heterocycles. The predicted molar refractivity (Wildman–Crippen MR) is 58.3 cm³/mol. The van der Waals surface area contributed by atoms with Crippen LogP contribution in [0.15, 0.2) is 0 Å². The summed E-state index contributed by atoms with van der Waals surface area (Å²) >= 11 is 0. The van der Waals surface area contributed by atoms with E-state index < -0.39 is 5.97 Å². The van der Waals surface area contributed by atoms with Crippen LogP contribution in [0.4, 0.5) is 0 Å². The minimum Gasteiger partial charge on any atom is -0.476 e. The number of carboxylic acids is 1. The number of hydrogen-bond donors (Lipinski definition) is 1. The van der Waals surface area contributed by atoms with Gasteiger partial charge in [0.05, 0.1) is 0 Å². The van der Waals surface area contributed by atoms with Crippen LogP contribution in [0.2, 0.25) is 0 Å². The van der Waals surface area contributed by atoms with E-state index in [4.69, 9.17) is 5.11 Å². The summed E-state index contributed by atoms with van der Waals surface area (Å²) in [5.74, 6) is -0.733. The van der Waals surface area contributed by atoms with Gasteiger partial charge < -0.3 is 5.11 Å². The van der Waals surface area contributed by atoms with Crippen LogP contribution in [0.3, 0.4) is 0 Å². The summed E-state index contributed by atoms with van der Waals surface area (Å²) in [7, 11) is 1.81. The quantitative estimate of drug-likeness (QED) is 0.828. The van der Waals surface area contributed by atoms with Crippen molar-refractivity contribution in [1.82, 2.24) is 9.78 Å². The highest BCUT2D eigenvalue weighted by atomic mass is 16.4. The molecule has 1 N–H and O–H groups in total. The Kier molecular flexibility index (Phi) is 3.50. The van der Waals surface area contributed by atoms with Gasteiger partial charge in [0.25, 0.3) is 0 Å². The van der Waals surface area contributed by atoms with E-state index in [0.29, 0.717) is 0 Å². The second-order valence-electron chi connectivity index (χ2n) is 4.04. The fraction of sp³-hybridized carbons (Fsp3) is 0.636. The maximum Gasteiger partial charge on any atom is 0.356 e. The molecule has 1 aromatic rings. The molecule has 0 aliphatic carbocycles. The van der Waals surface area contributed by atoms with Gasteiger partial charge in [-0.3, -0.25) is 4.68 Å². The fourth-order valence-corrected chi connectivity index (χ4v) is 1.87. The van der Waals surface area contributed by atoms with Crippen molar-refractivity contribution in [3.63, 3.8) is 0 Å². The Morgan fingerprint density at radius 3 is 2.53 bits per heavy atom. The molecule has 0 spiro atoms. The Balaban J connectivity index is 3.30. The summed E-state index contributed by atoms with van der Waals surface area (Å²) in [5, 5.41) is 13.1. The van der Waals surface area contributed by atoms with Gasteiger partial charge in [-0.15, -0.1) is 0 Å². The summed E-state index contributed by atoms with van der Waals surface area (Å²) in [6, 6.07) is 0. The number of carbonyl (C=O) groups is 1. The highest BCUT2D eigenvalue weighted by Gasteiger charge is 2.22. The van der Waals surface area contributed by atoms with Gasteiger partial charge in [-0.1, -0.05) is 27.2 Å². The molecular weight excluding hydrogens is 192 g/mol. The van der Waals surface area contributed by atoms with Crippen molar-refractivity contribution < 1.29 is 9.90 Å². The summed E-state index contributed by atoms with van der Waals surface area (Å²) in [4.78, 5) is 11.0. The van der Waals surface area contributed by atoms with Gasteiger partial charge in [0.2, 0.25) is 0 Å². The first-order valence-electron chi connectivity index (χ1n) is 5.28. The van der Waals surface area contributed by atoms with Gasteiger partial charge in [-0.05, 0) is 12.3 Å². The molecule has 0 aliphatic rings. The Morgan fingerprint density at radius 2 is 2.13 bits per heavy atom. The molecule has 0 amide bonds. The summed E-state index contributed by atoms with van der Waals surface area (Å²) < 4.78 is 1.70. The molecule has 0 fully saturated rings. The number of carboxylic acid groups (broad SMARTS) is 1. The van der Waals surface area contributed by atoms with Gasteiger partial charge in [0.15, 0.2) is 5.69 Å². The molecule has 15 heavy (non-hydrogen) atoms. The number of nitrogens with zero attached hydrogens (tertiary/aromatic N) is 2. The summed E-state index contributed by atoms with van der Waals surface area (Å²) in [6.07, 6.45) is 1.88. The van der Waals surface area contributed by atoms with Gasteiger partial charge in [0, 0.05) is 18.3 Å². The molecule has 4 heteroatoms. The lowest BCUT2D eigenvalue weighted by atomic mass is 9.98. The molecule has 0 atom stereocenters. The van der Waals surface area contributed by atoms with Crippen molar-refractivity contribution in [2.45, 2.75) is 39.5 Å². The minimum absolute atomic E-state index is 0.200. The van der Waals surface area contributed by atoms with Gasteiger partial charge >= 0.3 is 5.97 Å². The largest absolute Gasteiger partial charge is 0.476 e. The highest BCUT2D eigenvalue weighted by Crippen LogP contribution is 2.24. The predicted octanol–water partition coefficient (Wildman–Crippen LogP) is 2.19. The number of aromatic nitrogens is 2. The van der Waals surface area contributed by atoms with Crippen molar-refractivity contribution in [1.29, 1.82) is 0 Å². The van der Waals surface area contributed by atoms with E-state index in [9.17, 15) is 4.79 Å². The Labute approximate surface area is 89.9 Å². The topological polar surface area (TPSA) is 55.1 Å². The average molecular weight is 210 g/mol. The van der Waals surface area contributed by atoms with E-state index in [0.717, 1.165) is 24.1 Å². The molecule has 0 bridgehead atoms. The van der Waals surface area contributed by atoms with E-state index >= 15 is 0 Å². The van der Waals surface area contributed by atoms with E-state index in [2.05, 4.69) is 12.0 Å². The van der Waals surface area contributed by atoms with Crippen LogP contribution < -0.4 is 0 Å². The molecule has 1 rings (SSSR count). The maximum atomic E-state index is 11.0. The van der Waals surface area contributed by atoms with Crippen LogP contribution >= 0.6 is 0 Å². The van der Waals surface area contributed by atoms with E-state index in [1.807, 2.05) is 20.9 Å². The molecule has 0 aliphatic heterocycles. The first kappa shape index (κ1) is 11.8. The van der Waals surface area contributed by atoms with Crippen LogP contribution in [0.25, 0.3) is 0 Å². The van der Waals surface area contributed by atoms with Crippen LogP contribution in [0, 0.1) is 0 Å². The third kappa shape index (κ3) is 2.19. The molecular formula is C11H18N2O2. The Morgan fingerprint density at radius 1 is 1.53 bits per heavy atom. The maximum absolute atomic E-state index is 11.0. The molecule has 0 radical (unpaired) electrons. The van der Waals surface area contributed by atoms with Gasteiger partial charge in [0.1, 0.15) is 0 Å². The molecule has 4 nitrogen and oxygen atoms in total. The Hall–Kier alpha value is -1.32.